The number of rotatable bonds is 4. The van der Waals surface area contributed by atoms with Crippen LogP contribution in [0.25, 0.3) is 0 Å². The molecule has 3 heteroatoms. The second kappa shape index (κ2) is 5.09. The molecule has 1 N–H and O–H groups in total. The van der Waals surface area contributed by atoms with E-state index in [-0.39, 0.29) is 0 Å². The van der Waals surface area contributed by atoms with Gasteiger partial charge in [0.1, 0.15) is 6.34 Å². The molecule has 0 saturated carbocycles. The van der Waals surface area contributed by atoms with Gasteiger partial charge >= 0.3 is 0 Å². The standard InChI is InChI=1S/C7H17N3/c1-5-7(2)9-8-6-10(3)4/h6-7,9H,5H2,1-4H3/b8-6-. The predicted molar refractivity (Wildman–Crippen MR) is 45.1 cm³/mol. The average Bonchev–Trinajstić information content (AvgIpc) is 1.87. The minimum atomic E-state index is 0.469. The lowest BCUT2D eigenvalue weighted by molar-refractivity contribution is 0.544. The van der Waals surface area contributed by atoms with Crippen molar-refractivity contribution in [1.29, 1.82) is 0 Å². The lowest BCUT2D eigenvalue weighted by atomic mass is 10.3. The highest BCUT2D eigenvalue weighted by atomic mass is 15.3. The van der Waals surface area contributed by atoms with E-state index in [1.54, 1.807) is 6.34 Å². The fraction of sp³-hybridized carbons (Fsp3) is 0.857. The van der Waals surface area contributed by atoms with Crippen LogP contribution in [0.2, 0.25) is 0 Å². The van der Waals surface area contributed by atoms with E-state index in [1.807, 2.05) is 19.0 Å². The van der Waals surface area contributed by atoms with Crippen molar-refractivity contribution in [3.05, 3.63) is 0 Å². The molecule has 3 nitrogen and oxygen atoms in total. The molecule has 0 aromatic carbocycles. The van der Waals surface area contributed by atoms with E-state index in [0.717, 1.165) is 6.42 Å². The Morgan fingerprint density at radius 1 is 1.60 bits per heavy atom. The molecular formula is C7H17N3. The second-order valence-corrected chi connectivity index (χ2v) is 2.65. The monoisotopic (exact) mass is 143 g/mol. The minimum absolute atomic E-state index is 0.469. The molecule has 0 bridgehead atoms. The van der Waals surface area contributed by atoms with Crippen LogP contribution < -0.4 is 5.43 Å². The molecule has 0 aliphatic carbocycles. The molecule has 0 saturated heterocycles. The zero-order valence-corrected chi connectivity index (χ0v) is 7.26. The largest absolute Gasteiger partial charge is 0.367 e. The second-order valence-electron chi connectivity index (χ2n) is 2.65. The first-order chi connectivity index (χ1) is 4.66. The maximum Gasteiger partial charge on any atom is 0.110 e. The highest BCUT2D eigenvalue weighted by Gasteiger charge is 1.90. The lowest BCUT2D eigenvalue weighted by Gasteiger charge is -2.08. The van der Waals surface area contributed by atoms with E-state index < -0.39 is 0 Å². The van der Waals surface area contributed by atoms with Crippen LogP contribution in [0, 0.1) is 0 Å². The van der Waals surface area contributed by atoms with Crippen molar-refractivity contribution in [3.63, 3.8) is 0 Å². The Labute approximate surface area is 63.1 Å². The maximum absolute atomic E-state index is 3.99. The minimum Gasteiger partial charge on any atom is -0.367 e. The lowest BCUT2D eigenvalue weighted by Crippen LogP contribution is -2.21. The molecule has 1 atom stereocenters. The van der Waals surface area contributed by atoms with Gasteiger partial charge in [-0.15, -0.1) is 0 Å². The fourth-order valence-corrected chi connectivity index (χ4v) is 0.367. The molecular weight excluding hydrogens is 126 g/mol. The molecule has 0 aromatic rings. The molecule has 0 fully saturated rings. The van der Waals surface area contributed by atoms with E-state index in [1.165, 1.54) is 0 Å². The summed E-state index contributed by atoms with van der Waals surface area (Å²) in [5.41, 5.74) is 2.99. The van der Waals surface area contributed by atoms with Gasteiger partial charge in [0.15, 0.2) is 0 Å². The quantitative estimate of drug-likeness (QED) is 0.359. The van der Waals surface area contributed by atoms with Crippen molar-refractivity contribution in [1.82, 2.24) is 10.3 Å². The van der Waals surface area contributed by atoms with Crippen LogP contribution in [-0.4, -0.2) is 31.4 Å². The summed E-state index contributed by atoms with van der Waals surface area (Å²) in [5.74, 6) is 0. The van der Waals surface area contributed by atoms with Crippen molar-refractivity contribution in [2.24, 2.45) is 5.10 Å². The Balaban J connectivity index is 3.33. The molecule has 0 radical (unpaired) electrons. The average molecular weight is 143 g/mol. The van der Waals surface area contributed by atoms with Gasteiger partial charge in [0, 0.05) is 20.1 Å². The van der Waals surface area contributed by atoms with Gasteiger partial charge in [-0.3, -0.25) is 0 Å². The Bertz CT molecular complexity index is 99.0. The summed E-state index contributed by atoms with van der Waals surface area (Å²) >= 11 is 0. The smallest absolute Gasteiger partial charge is 0.110 e. The molecule has 0 amide bonds. The summed E-state index contributed by atoms with van der Waals surface area (Å²) in [6.45, 7) is 4.23. The van der Waals surface area contributed by atoms with Gasteiger partial charge < -0.3 is 10.3 Å². The highest BCUT2D eigenvalue weighted by Crippen LogP contribution is 1.85. The maximum atomic E-state index is 3.99. The highest BCUT2D eigenvalue weighted by molar-refractivity contribution is 5.53. The van der Waals surface area contributed by atoms with Crippen LogP contribution >= 0.6 is 0 Å². The van der Waals surface area contributed by atoms with E-state index in [9.17, 15) is 0 Å². The molecule has 0 spiro atoms. The normalized spacial score (nSPS) is 13.6. The third-order valence-corrected chi connectivity index (χ3v) is 1.20. The predicted octanol–water partition coefficient (Wildman–Crippen LogP) is 0.879. The van der Waals surface area contributed by atoms with Crippen molar-refractivity contribution in [3.8, 4) is 0 Å². The molecule has 10 heavy (non-hydrogen) atoms. The van der Waals surface area contributed by atoms with Gasteiger partial charge in [0.25, 0.3) is 0 Å². The first-order valence-corrected chi connectivity index (χ1v) is 3.62. The molecule has 0 heterocycles. The summed E-state index contributed by atoms with van der Waals surface area (Å²) in [7, 11) is 3.89. The van der Waals surface area contributed by atoms with E-state index >= 15 is 0 Å². The topological polar surface area (TPSA) is 27.6 Å². The number of hydrogen-bond donors (Lipinski definition) is 1. The van der Waals surface area contributed by atoms with E-state index in [2.05, 4.69) is 24.4 Å². The summed E-state index contributed by atoms with van der Waals surface area (Å²) < 4.78 is 0. The Hall–Kier alpha value is -0.730. The molecule has 1 unspecified atom stereocenters. The van der Waals surface area contributed by atoms with Crippen molar-refractivity contribution in [2.45, 2.75) is 26.3 Å². The summed E-state index contributed by atoms with van der Waals surface area (Å²) in [6, 6.07) is 0.469. The zero-order chi connectivity index (χ0) is 7.98. The summed E-state index contributed by atoms with van der Waals surface area (Å²) in [4.78, 5) is 1.90. The Morgan fingerprint density at radius 2 is 2.20 bits per heavy atom. The first kappa shape index (κ1) is 9.27. The number of nitrogens with one attached hydrogen (secondary N) is 1. The van der Waals surface area contributed by atoms with Gasteiger partial charge in [0.05, 0.1) is 0 Å². The zero-order valence-electron chi connectivity index (χ0n) is 7.26. The van der Waals surface area contributed by atoms with Crippen LogP contribution in [0.15, 0.2) is 5.10 Å². The Morgan fingerprint density at radius 3 is 2.60 bits per heavy atom. The van der Waals surface area contributed by atoms with Gasteiger partial charge in [-0.25, -0.2) is 0 Å². The molecule has 0 aromatic heterocycles. The number of hydrazone groups is 1. The van der Waals surface area contributed by atoms with Gasteiger partial charge in [-0.1, -0.05) is 6.92 Å². The fourth-order valence-electron chi connectivity index (χ4n) is 0.367. The van der Waals surface area contributed by atoms with Crippen molar-refractivity contribution in [2.75, 3.05) is 14.1 Å². The van der Waals surface area contributed by atoms with Crippen molar-refractivity contribution >= 4 is 6.34 Å². The van der Waals surface area contributed by atoms with E-state index in [4.69, 9.17) is 0 Å². The number of nitrogens with zero attached hydrogens (tertiary/aromatic N) is 2. The third kappa shape index (κ3) is 5.41. The Kier molecular flexibility index (Phi) is 4.72. The molecule has 0 rings (SSSR count). The van der Waals surface area contributed by atoms with E-state index in [0.29, 0.717) is 6.04 Å². The first-order valence-electron chi connectivity index (χ1n) is 3.62. The molecule has 0 aliphatic heterocycles. The van der Waals surface area contributed by atoms with Crippen LogP contribution in [0.4, 0.5) is 0 Å². The SMILES string of the molecule is CCC(C)N/N=C\N(C)C. The summed E-state index contributed by atoms with van der Waals surface area (Å²) in [5, 5.41) is 3.99. The van der Waals surface area contributed by atoms with Gasteiger partial charge in [-0.05, 0) is 13.3 Å². The van der Waals surface area contributed by atoms with Gasteiger partial charge in [0.2, 0.25) is 0 Å². The van der Waals surface area contributed by atoms with Crippen LogP contribution in [0.1, 0.15) is 20.3 Å². The number of hydrogen-bond acceptors (Lipinski definition) is 2. The molecule has 0 aliphatic rings. The van der Waals surface area contributed by atoms with Crippen LogP contribution in [0.3, 0.4) is 0 Å². The van der Waals surface area contributed by atoms with Crippen LogP contribution in [-0.2, 0) is 0 Å². The van der Waals surface area contributed by atoms with Gasteiger partial charge in [-0.2, -0.15) is 5.10 Å². The molecule has 60 valence electrons. The van der Waals surface area contributed by atoms with Crippen LogP contribution in [0.5, 0.6) is 0 Å². The summed E-state index contributed by atoms with van der Waals surface area (Å²) in [6.07, 6.45) is 2.86. The van der Waals surface area contributed by atoms with Crippen molar-refractivity contribution < 1.29 is 0 Å². The third-order valence-electron chi connectivity index (χ3n) is 1.20.